The van der Waals surface area contributed by atoms with Crippen LogP contribution in [0.3, 0.4) is 0 Å². The third-order valence-corrected chi connectivity index (χ3v) is 6.12. The molecule has 2 aromatic carbocycles. The van der Waals surface area contributed by atoms with Gasteiger partial charge in [-0.3, -0.25) is 4.79 Å². The highest BCUT2D eigenvalue weighted by molar-refractivity contribution is 7.89. The van der Waals surface area contributed by atoms with E-state index in [1.807, 2.05) is 0 Å². The Morgan fingerprint density at radius 3 is 2.06 bits per heavy atom. The van der Waals surface area contributed by atoms with Gasteiger partial charge in [-0.25, -0.2) is 13.6 Å². The third-order valence-electron chi connectivity index (χ3n) is 5.19. The Hall–Kier alpha value is -2.98. The molecule has 31 heavy (non-hydrogen) atoms. The highest BCUT2D eigenvalue weighted by Gasteiger charge is 2.27. The first kappa shape index (κ1) is 22.7. The molecule has 2 aromatic rings. The quantitative estimate of drug-likeness (QED) is 0.685. The molecule has 0 bridgehead atoms. The number of ether oxygens (including phenoxy) is 4. The van der Waals surface area contributed by atoms with Crippen molar-refractivity contribution in [3.63, 3.8) is 0 Å². The van der Waals surface area contributed by atoms with Gasteiger partial charge in [0.15, 0.2) is 11.5 Å². The number of primary sulfonamides is 1. The summed E-state index contributed by atoms with van der Waals surface area (Å²) in [5.74, 6) is 1.30. The lowest BCUT2D eigenvalue weighted by molar-refractivity contribution is 0.0748. The summed E-state index contributed by atoms with van der Waals surface area (Å²) in [4.78, 5) is 14.9. The standard InChI is InChI=1S/C21H26N2O7S/c1-27-16-11-15-14(10-19(16)31(22,25)26)6-5-7-23(21(15)24)12-13-8-17(28-2)20(30-4)18(9-13)29-3/h8-11H,5-7,12H2,1-4H3,(H2,22,25,26). The average Bonchev–Trinajstić information content (AvgIpc) is 2.90. The Kier molecular flexibility index (Phi) is 6.61. The van der Waals surface area contributed by atoms with E-state index in [2.05, 4.69) is 0 Å². The second-order valence-corrected chi connectivity index (χ2v) is 8.60. The lowest BCUT2D eigenvalue weighted by atomic mass is 10.0. The van der Waals surface area contributed by atoms with Crippen molar-refractivity contribution in [2.45, 2.75) is 24.3 Å². The molecule has 0 fully saturated rings. The van der Waals surface area contributed by atoms with Crippen molar-refractivity contribution in [1.82, 2.24) is 4.90 Å². The molecule has 168 valence electrons. The van der Waals surface area contributed by atoms with Crippen LogP contribution in [0.4, 0.5) is 0 Å². The van der Waals surface area contributed by atoms with Gasteiger partial charge in [-0.15, -0.1) is 0 Å². The summed E-state index contributed by atoms with van der Waals surface area (Å²) in [5.41, 5.74) is 1.83. The van der Waals surface area contributed by atoms with E-state index in [-0.39, 0.29) is 16.6 Å². The van der Waals surface area contributed by atoms with E-state index in [1.165, 1.54) is 40.6 Å². The molecule has 1 aliphatic heterocycles. The zero-order chi connectivity index (χ0) is 22.8. The van der Waals surface area contributed by atoms with E-state index in [4.69, 9.17) is 24.1 Å². The Morgan fingerprint density at radius 1 is 0.935 bits per heavy atom. The molecule has 0 saturated carbocycles. The van der Waals surface area contributed by atoms with Crippen LogP contribution >= 0.6 is 0 Å². The second-order valence-electron chi connectivity index (χ2n) is 7.07. The zero-order valence-electron chi connectivity index (χ0n) is 17.9. The zero-order valence-corrected chi connectivity index (χ0v) is 18.7. The van der Waals surface area contributed by atoms with E-state index in [1.54, 1.807) is 17.0 Å². The highest BCUT2D eigenvalue weighted by Crippen LogP contribution is 2.39. The van der Waals surface area contributed by atoms with Crippen molar-refractivity contribution in [3.05, 3.63) is 41.0 Å². The van der Waals surface area contributed by atoms with Gasteiger partial charge in [0, 0.05) is 18.7 Å². The molecule has 10 heteroatoms. The third kappa shape index (κ3) is 4.54. The van der Waals surface area contributed by atoms with Crippen molar-refractivity contribution in [3.8, 4) is 23.0 Å². The van der Waals surface area contributed by atoms with Gasteiger partial charge >= 0.3 is 0 Å². The van der Waals surface area contributed by atoms with Crippen LogP contribution < -0.4 is 24.1 Å². The van der Waals surface area contributed by atoms with Crippen LogP contribution in [0.5, 0.6) is 23.0 Å². The summed E-state index contributed by atoms with van der Waals surface area (Å²) >= 11 is 0. The first-order valence-corrected chi connectivity index (χ1v) is 11.1. The molecular formula is C21H26N2O7S. The maximum Gasteiger partial charge on any atom is 0.254 e. The number of amides is 1. The molecule has 0 radical (unpaired) electrons. The Labute approximate surface area is 181 Å². The van der Waals surface area contributed by atoms with Crippen LogP contribution in [0.2, 0.25) is 0 Å². The fraction of sp³-hybridized carbons (Fsp3) is 0.381. The molecule has 2 N–H and O–H groups in total. The summed E-state index contributed by atoms with van der Waals surface area (Å²) < 4.78 is 45.2. The van der Waals surface area contributed by atoms with Gasteiger partial charge in [0.25, 0.3) is 5.91 Å². The first-order valence-electron chi connectivity index (χ1n) is 9.55. The minimum atomic E-state index is -3.98. The molecule has 0 saturated heterocycles. The topological polar surface area (TPSA) is 117 Å². The average molecular weight is 451 g/mol. The van der Waals surface area contributed by atoms with Gasteiger partial charge in [-0.2, -0.15) is 0 Å². The summed E-state index contributed by atoms with van der Waals surface area (Å²) in [6.45, 7) is 0.811. The van der Waals surface area contributed by atoms with Gasteiger partial charge in [0.1, 0.15) is 10.6 Å². The number of rotatable bonds is 7. The molecule has 3 rings (SSSR count). The molecule has 0 spiro atoms. The lowest BCUT2D eigenvalue weighted by Crippen LogP contribution is -2.30. The van der Waals surface area contributed by atoms with Crippen molar-refractivity contribution >= 4 is 15.9 Å². The predicted octanol–water partition coefficient (Wildman–Crippen LogP) is 1.96. The lowest BCUT2D eigenvalue weighted by Gasteiger charge is -2.23. The van der Waals surface area contributed by atoms with E-state index in [0.29, 0.717) is 54.3 Å². The number of hydrogen-bond acceptors (Lipinski definition) is 7. The van der Waals surface area contributed by atoms with Gasteiger partial charge in [0.05, 0.1) is 28.4 Å². The van der Waals surface area contributed by atoms with Crippen LogP contribution in [0.25, 0.3) is 0 Å². The van der Waals surface area contributed by atoms with Crippen LogP contribution in [0.1, 0.15) is 27.9 Å². The number of aryl methyl sites for hydroxylation is 1. The monoisotopic (exact) mass is 450 g/mol. The number of fused-ring (bicyclic) bond motifs is 1. The molecule has 0 aromatic heterocycles. The number of sulfonamides is 1. The van der Waals surface area contributed by atoms with Crippen molar-refractivity contribution < 1.29 is 32.2 Å². The number of nitrogens with two attached hydrogens (primary N) is 1. The fourth-order valence-corrected chi connectivity index (χ4v) is 4.45. The number of methoxy groups -OCH3 is 4. The van der Waals surface area contributed by atoms with E-state index < -0.39 is 10.0 Å². The smallest absolute Gasteiger partial charge is 0.254 e. The maximum atomic E-state index is 13.3. The second kappa shape index (κ2) is 9.03. The molecule has 0 atom stereocenters. The van der Waals surface area contributed by atoms with E-state index in [0.717, 1.165) is 5.56 Å². The SMILES string of the molecule is COc1cc2c(cc1S(N)(=O)=O)CCCN(Cc1cc(OC)c(OC)c(OC)c1)C2=O. The van der Waals surface area contributed by atoms with Crippen molar-refractivity contribution in [1.29, 1.82) is 0 Å². The summed E-state index contributed by atoms with van der Waals surface area (Å²) in [6.07, 6.45) is 1.21. The van der Waals surface area contributed by atoms with Crippen LogP contribution in [-0.4, -0.2) is 54.2 Å². The Bertz CT molecular complexity index is 1070. The van der Waals surface area contributed by atoms with E-state index in [9.17, 15) is 13.2 Å². The van der Waals surface area contributed by atoms with Crippen LogP contribution in [-0.2, 0) is 23.0 Å². The highest BCUT2D eigenvalue weighted by atomic mass is 32.2. The number of carbonyl (C=O) groups is 1. The maximum absolute atomic E-state index is 13.3. The first-order chi connectivity index (χ1) is 14.7. The predicted molar refractivity (Wildman–Crippen MR) is 114 cm³/mol. The number of hydrogen-bond donors (Lipinski definition) is 1. The molecule has 1 amide bonds. The number of nitrogens with zero attached hydrogens (tertiary/aromatic N) is 1. The largest absolute Gasteiger partial charge is 0.495 e. The summed E-state index contributed by atoms with van der Waals surface area (Å²) in [6, 6.07) is 6.48. The van der Waals surface area contributed by atoms with E-state index >= 15 is 0 Å². The van der Waals surface area contributed by atoms with Gasteiger partial charge in [0.2, 0.25) is 15.8 Å². The van der Waals surface area contributed by atoms with Gasteiger partial charge in [-0.1, -0.05) is 0 Å². The normalized spacial score (nSPS) is 14.0. The van der Waals surface area contributed by atoms with Crippen LogP contribution in [0, 0.1) is 0 Å². The fourth-order valence-electron chi connectivity index (χ4n) is 3.72. The minimum Gasteiger partial charge on any atom is -0.495 e. The number of carbonyl (C=O) groups excluding carboxylic acids is 1. The van der Waals surface area contributed by atoms with Crippen LogP contribution in [0.15, 0.2) is 29.2 Å². The van der Waals surface area contributed by atoms with Gasteiger partial charge < -0.3 is 23.8 Å². The molecule has 0 unspecified atom stereocenters. The molecule has 1 aliphatic rings. The molecule has 9 nitrogen and oxygen atoms in total. The summed E-state index contributed by atoms with van der Waals surface area (Å²) in [5, 5.41) is 5.31. The minimum absolute atomic E-state index is 0.0456. The summed E-state index contributed by atoms with van der Waals surface area (Å²) in [7, 11) is 1.95. The number of benzene rings is 2. The molecular weight excluding hydrogens is 424 g/mol. The Morgan fingerprint density at radius 2 is 1.55 bits per heavy atom. The van der Waals surface area contributed by atoms with Gasteiger partial charge in [-0.05, 0) is 48.2 Å². The van der Waals surface area contributed by atoms with Crippen molar-refractivity contribution in [2.24, 2.45) is 5.14 Å². The molecule has 1 heterocycles. The van der Waals surface area contributed by atoms with Crippen molar-refractivity contribution in [2.75, 3.05) is 35.0 Å². The molecule has 0 aliphatic carbocycles. The Balaban J connectivity index is 1.99.